The number of rotatable bonds is 6. The summed E-state index contributed by atoms with van der Waals surface area (Å²) in [6.45, 7) is 2.79. The number of anilines is 1. The van der Waals surface area contributed by atoms with E-state index in [0.717, 1.165) is 39.4 Å². The minimum Gasteiger partial charge on any atom is -0.497 e. The third kappa shape index (κ3) is 3.81. The van der Waals surface area contributed by atoms with Gasteiger partial charge in [-0.15, -0.1) is 0 Å². The fourth-order valence-corrected chi connectivity index (χ4v) is 3.86. The van der Waals surface area contributed by atoms with Gasteiger partial charge >= 0.3 is 0 Å². The molecule has 3 aromatic carbocycles. The number of aryl methyl sites for hydroxylation is 1. The maximum atomic E-state index is 5.32. The van der Waals surface area contributed by atoms with Crippen molar-refractivity contribution in [2.24, 2.45) is 0 Å². The van der Waals surface area contributed by atoms with Gasteiger partial charge in [0.15, 0.2) is 5.65 Å². The molecule has 2 heterocycles. The van der Waals surface area contributed by atoms with E-state index in [1.54, 1.807) is 13.4 Å². The molecule has 0 amide bonds. The summed E-state index contributed by atoms with van der Waals surface area (Å²) in [5.74, 6) is 1.64. The van der Waals surface area contributed by atoms with Crippen LogP contribution in [0.2, 0.25) is 0 Å². The lowest BCUT2D eigenvalue weighted by Gasteiger charge is -2.09. The highest BCUT2D eigenvalue weighted by molar-refractivity contribution is 6.02. The summed E-state index contributed by atoms with van der Waals surface area (Å²) in [4.78, 5) is 9.26. The number of aromatic nitrogens is 3. The number of hydrogen-bond acceptors (Lipinski definition) is 4. The first-order valence-corrected chi connectivity index (χ1v) is 10.6. The Morgan fingerprint density at radius 2 is 1.62 bits per heavy atom. The van der Waals surface area contributed by atoms with Crippen LogP contribution in [0.3, 0.4) is 0 Å². The molecule has 32 heavy (non-hydrogen) atoms. The summed E-state index contributed by atoms with van der Waals surface area (Å²) in [5.41, 5.74) is 6.54. The van der Waals surface area contributed by atoms with Gasteiger partial charge in [-0.25, -0.2) is 9.97 Å². The first kappa shape index (κ1) is 19.8. The molecule has 0 unspecified atom stereocenters. The van der Waals surface area contributed by atoms with Crippen LogP contribution in [-0.4, -0.2) is 21.6 Å². The number of hydrogen-bond donors (Lipinski definition) is 1. The molecule has 0 aliphatic carbocycles. The van der Waals surface area contributed by atoms with E-state index in [1.807, 2.05) is 30.3 Å². The Labute approximate surface area is 187 Å². The van der Waals surface area contributed by atoms with Gasteiger partial charge < -0.3 is 14.6 Å². The zero-order chi connectivity index (χ0) is 21.9. The number of methoxy groups -OCH3 is 1. The molecular formula is C27H24N4O. The minimum absolute atomic E-state index is 0.689. The molecule has 158 valence electrons. The van der Waals surface area contributed by atoms with E-state index in [9.17, 15) is 0 Å². The van der Waals surface area contributed by atoms with E-state index in [-0.39, 0.29) is 0 Å². The SMILES string of the molecule is COc1ccc(-n2cc(-c3ccccc3)c3c(NCc4ccc(C)cc4)ncnc32)cc1. The summed E-state index contributed by atoms with van der Waals surface area (Å²) in [6.07, 6.45) is 3.75. The van der Waals surface area contributed by atoms with E-state index in [2.05, 4.69) is 81.5 Å². The van der Waals surface area contributed by atoms with Crippen molar-refractivity contribution in [3.63, 3.8) is 0 Å². The predicted octanol–water partition coefficient (Wildman–Crippen LogP) is 6.02. The molecule has 0 radical (unpaired) electrons. The minimum atomic E-state index is 0.689. The van der Waals surface area contributed by atoms with Gasteiger partial charge in [0.2, 0.25) is 0 Å². The van der Waals surface area contributed by atoms with Gasteiger partial charge in [-0.05, 0) is 42.3 Å². The smallest absolute Gasteiger partial charge is 0.150 e. The normalized spacial score (nSPS) is 10.9. The van der Waals surface area contributed by atoms with Crippen LogP contribution in [0.15, 0.2) is 91.4 Å². The average Bonchev–Trinajstić information content (AvgIpc) is 3.25. The van der Waals surface area contributed by atoms with Gasteiger partial charge in [-0.2, -0.15) is 0 Å². The second-order valence-corrected chi connectivity index (χ2v) is 7.74. The van der Waals surface area contributed by atoms with Gasteiger partial charge in [0.25, 0.3) is 0 Å². The Morgan fingerprint density at radius 1 is 0.875 bits per heavy atom. The van der Waals surface area contributed by atoms with Crippen LogP contribution in [0.4, 0.5) is 5.82 Å². The quantitative estimate of drug-likeness (QED) is 0.365. The van der Waals surface area contributed by atoms with E-state index >= 15 is 0 Å². The summed E-state index contributed by atoms with van der Waals surface area (Å²) in [7, 11) is 1.67. The molecule has 0 saturated heterocycles. The molecule has 0 atom stereocenters. The van der Waals surface area contributed by atoms with E-state index in [0.29, 0.717) is 6.54 Å². The fourth-order valence-electron chi connectivity index (χ4n) is 3.86. The van der Waals surface area contributed by atoms with Crippen LogP contribution in [0.25, 0.3) is 27.8 Å². The molecule has 0 spiro atoms. The van der Waals surface area contributed by atoms with Crippen molar-refractivity contribution < 1.29 is 4.74 Å². The van der Waals surface area contributed by atoms with Crippen LogP contribution in [0.1, 0.15) is 11.1 Å². The average molecular weight is 421 g/mol. The van der Waals surface area contributed by atoms with Crippen LogP contribution < -0.4 is 10.1 Å². The van der Waals surface area contributed by atoms with Gasteiger partial charge in [0.1, 0.15) is 17.9 Å². The highest BCUT2D eigenvalue weighted by atomic mass is 16.5. The molecule has 0 saturated carbocycles. The van der Waals surface area contributed by atoms with E-state index in [4.69, 9.17) is 4.74 Å². The lowest BCUT2D eigenvalue weighted by atomic mass is 10.1. The van der Waals surface area contributed by atoms with Crippen LogP contribution in [0.5, 0.6) is 5.75 Å². The predicted molar refractivity (Wildman–Crippen MR) is 129 cm³/mol. The Bertz CT molecular complexity index is 1340. The third-order valence-corrected chi connectivity index (χ3v) is 5.60. The standard InChI is InChI=1S/C27H24N4O/c1-19-8-10-20(11-9-19)16-28-26-25-24(21-6-4-3-5-7-21)17-31(27(25)30-18-29-26)22-12-14-23(32-2)15-13-22/h3-15,17-18H,16H2,1-2H3,(H,28,29,30). The topological polar surface area (TPSA) is 52.0 Å². The lowest BCUT2D eigenvalue weighted by Crippen LogP contribution is -2.03. The highest BCUT2D eigenvalue weighted by Crippen LogP contribution is 2.35. The summed E-state index contributed by atoms with van der Waals surface area (Å²) in [5, 5.41) is 4.53. The number of ether oxygens (including phenoxy) is 1. The van der Waals surface area contributed by atoms with Crippen molar-refractivity contribution in [3.05, 3.63) is 103 Å². The number of nitrogens with one attached hydrogen (secondary N) is 1. The fraction of sp³-hybridized carbons (Fsp3) is 0.111. The van der Waals surface area contributed by atoms with Crippen molar-refractivity contribution in [2.45, 2.75) is 13.5 Å². The molecule has 5 heteroatoms. The first-order chi connectivity index (χ1) is 15.7. The summed E-state index contributed by atoms with van der Waals surface area (Å²) >= 11 is 0. The summed E-state index contributed by atoms with van der Waals surface area (Å²) < 4.78 is 7.43. The van der Waals surface area contributed by atoms with Crippen LogP contribution >= 0.6 is 0 Å². The molecule has 0 bridgehead atoms. The van der Waals surface area contributed by atoms with Crippen molar-refractivity contribution in [1.82, 2.24) is 14.5 Å². The number of fused-ring (bicyclic) bond motifs is 1. The molecule has 2 aromatic heterocycles. The van der Waals surface area contributed by atoms with Gasteiger partial charge in [-0.1, -0.05) is 60.2 Å². The zero-order valence-electron chi connectivity index (χ0n) is 18.1. The van der Waals surface area contributed by atoms with Crippen molar-refractivity contribution in [3.8, 4) is 22.6 Å². The van der Waals surface area contributed by atoms with Gasteiger partial charge in [-0.3, -0.25) is 0 Å². The van der Waals surface area contributed by atoms with E-state index in [1.165, 1.54) is 11.1 Å². The molecule has 5 rings (SSSR count). The number of nitrogens with zero attached hydrogens (tertiary/aromatic N) is 3. The van der Waals surface area contributed by atoms with Gasteiger partial charge in [0, 0.05) is 24.0 Å². The second-order valence-electron chi connectivity index (χ2n) is 7.74. The van der Waals surface area contributed by atoms with E-state index < -0.39 is 0 Å². The third-order valence-electron chi connectivity index (χ3n) is 5.60. The molecule has 0 fully saturated rings. The Hall–Kier alpha value is -4.12. The lowest BCUT2D eigenvalue weighted by molar-refractivity contribution is 0.415. The summed E-state index contributed by atoms with van der Waals surface area (Å²) in [6, 6.07) is 26.9. The molecular weight excluding hydrogens is 396 g/mol. The molecule has 5 nitrogen and oxygen atoms in total. The first-order valence-electron chi connectivity index (χ1n) is 10.6. The zero-order valence-corrected chi connectivity index (χ0v) is 18.1. The Morgan fingerprint density at radius 3 is 2.34 bits per heavy atom. The van der Waals surface area contributed by atoms with Crippen molar-refractivity contribution in [1.29, 1.82) is 0 Å². The van der Waals surface area contributed by atoms with Crippen LogP contribution in [-0.2, 0) is 6.54 Å². The molecule has 1 N–H and O–H groups in total. The maximum Gasteiger partial charge on any atom is 0.150 e. The molecule has 0 aliphatic heterocycles. The monoisotopic (exact) mass is 420 g/mol. The maximum absolute atomic E-state index is 5.32. The molecule has 5 aromatic rings. The number of benzene rings is 3. The second kappa shape index (κ2) is 8.55. The Kier molecular flexibility index (Phi) is 5.30. The van der Waals surface area contributed by atoms with Crippen LogP contribution in [0, 0.1) is 6.92 Å². The van der Waals surface area contributed by atoms with Gasteiger partial charge in [0.05, 0.1) is 12.5 Å². The Balaban J connectivity index is 1.62. The van der Waals surface area contributed by atoms with Crippen molar-refractivity contribution >= 4 is 16.9 Å². The van der Waals surface area contributed by atoms with Crippen molar-refractivity contribution in [2.75, 3.05) is 12.4 Å². The molecule has 0 aliphatic rings. The largest absolute Gasteiger partial charge is 0.497 e. The highest BCUT2D eigenvalue weighted by Gasteiger charge is 2.17.